The van der Waals surface area contributed by atoms with Gasteiger partial charge in [-0.25, -0.2) is 4.98 Å². The number of imidazole rings is 1. The molecule has 0 bridgehead atoms. The largest absolute Gasteiger partial charge is 0.505 e. The van der Waals surface area contributed by atoms with Crippen LogP contribution in [-0.4, -0.2) is 63.2 Å². The molecule has 0 saturated carbocycles. The number of Topliss-reactive ketones (excluding diaryl/α,β-unsaturated/α-hetero) is 1. The summed E-state index contributed by atoms with van der Waals surface area (Å²) >= 11 is 3.48. The summed E-state index contributed by atoms with van der Waals surface area (Å²) in [4.78, 5) is 34.3. The lowest BCUT2D eigenvalue weighted by Crippen LogP contribution is -2.35. The van der Waals surface area contributed by atoms with Crippen LogP contribution in [0.5, 0.6) is 0 Å². The minimum atomic E-state index is -0.692. The average molecular weight is 497 g/mol. The number of hydrogen-bond acceptors (Lipinski definition) is 5. The van der Waals surface area contributed by atoms with E-state index in [1.54, 1.807) is 22.4 Å². The van der Waals surface area contributed by atoms with Crippen molar-refractivity contribution < 1.29 is 14.7 Å². The summed E-state index contributed by atoms with van der Waals surface area (Å²) in [6, 6.07) is 10.6. The molecular formula is C24H25BrN4O3. The molecule has 3 aromatic rings. The van der Waals surface area contributed by atoms with Gasteiger partial charge in [0.15, 0.2) is 5.76 Å². The highest BCUT2D eigenvalue weighted by molar-refractivity contribution is 9.10. The molecule has 0 radical (unpaired) electrons. The Morgan fingerprint density at radius 2 is 1.94 bits per heavy atom. The van der Waals surface area contributed by atoms with Crippen molar-refractivity contribution in [3.63, 3.8) is 0 Å². The summed E-state index contributed by atoms with van der Waals surface area (Å²) in [5.74, 6) is -1.51. The lowest BCUT2D eigenvalue weighted by Gasteiger charge is -2.26. The minimum Gasteiger partial charge on any atom is -0.505 e. The van der Waals surface area contributed by atoms with E-state index in [1.807, 2.05) is 62.3 Å². The number of likely N-dealkylation sites (tertiary alicyclic amines) is 1. The first-order chi connectivity index (χ1) is 15.2. The van der Waals surface area contributed by atoms with E-state index in [0.29, 0.717) is 30.1 Å². The van der Waals surface area contributed by atoms with Crippen molar-refractivity contribution in [2.24, 2.45) is 0 Å². The van der Waals surface area contributed by atoms with Gasteiger partial charge in [-0.15, -0.1) is 0 Å². The van der Waals surface area contributed by atoms with Crippen LogP contribution in [0.4, 0.5) is 0 Å². The molecule has 32 heavy (non-hydrogen) atoms. The number of carbonyl (C=O) groups is 2. The fraction of sp³-hybridized carbons (Fsp3) is 0.292. The van der Waals surface area contributed by atoms with E-state index < -0.39 is 17.7 Å². The van der Waals surface area contributed by atoms with Crippen LogP contribution in [-0.2, 0) is 9.59 Å². The van der Waals surface area contributed by atoms with Gasteiger partial charge in [0.25, 0.3) is 11.7 Å². The number of aryl methyl sites for hydroxylation is 2. The Kier molecular flexibility index (Phi) is 5.92. The van der Waals surface area contributed by atoms with Crippen LogP contribution in [0.15, 0.2) is 52.6 Å². The number of benzene rings is 1. The number of aromatic nitrogens is 2. The van der Waals surface area contributed by atoms with Gasteiger partial charge in [-0.1, -0.05) is 34.1 Å². The maximum atomic E-state index is 13.2. The number of nitrogens with zero attached hydrogens (tertiary/aromatic N) is 4. The zero-order valence-electron chi connectivity index (χ0n) is 18.5. The zero-order chi connectivity index (χ0) is 23.2. The molecular weight excluding hydrogens is 472 g/mol. The lowest BCUT2D eigenvalue weighted by atomic mass is 9.96. The van der Waals surface area contributed by atoms with Crippen molar-refractivity contribution in [3.8, 4) is 0 Å². The van der Waals surface area contributed by atoms with Gasteiger partial charge in [-0.05, 0) is 57.3 Å². The van der Waals surface area contributed by atoms with Gasteiger partial charge >= 0.3 is 0 Å². The number of aliphatic hydroxyl groups is 1. The summed E-state index contributed by atoms with van der Waals surface area (Å²) in [6.45, 7) is 4.67. The van der Waals surface area contributed by atoms with Gasteiger partial charge in [0, 0.05) is 23.8 Å². The fourth-order valence-electron chi connectivity index (χ4n) is 4.17. The molecule has 1 saturated heterocycles. The smallest absolute Gasteiger partial charge is 0.295 e. The molecule has 1 aliphatic heterocycles. The van der Waals surface area contributed by atoms with Crippen LogP contribution in [0, 0.1) is 13.8 Å². The Labute approximate surface area is 195 Å². The van der Waals surface area contributed by atoms with Gasteiger partial charge in [0.2, 0.25) is 0 Å². The number of rotatable bonds is 5. The van der Waals surface area contributed by atoms with Crippen molar-refractivity contribution in [1.29, 1.82) is 0 Å². The summed E-state index contributed by atoms with van der Waals surface area (Å²) in [5, 5.41) is 11.5. The third-order valence-corrected chi connectivity index (χ3v) is 6.23. The van der Waals surface area contributed by atoms with E-state index >= 15 is 0 Å². The van der Waals surface area contributed by atoms with Crippen LogP contribution in [0.3, 0.4) is 0 Å². The number of fused-ring (bicyclic) bond motifs is 1. The summed E-state index contributed by atoms with van der Waals surface area (Å²) in [7, 11) is 3.82. The summed E-state index contributed by atoms with van der Waals surface area (Å²) < 4.78 is 2.60. The quantitative estimate of drug-likeness (QED) is 0.331. The minimum absolute atomic E-state index is 0.0817. The van der Waals surface area contributed by atoms with Gasteiger partial charge in [-0.2, -0.15) is 0 Å². The van der Waals surface area contributed by atoms with E-state index in [9.17, 15) is 14.7 Å². The number of ketones is 1. The Hall–Kier alpha value is -2.97. The molecule has 8 heteroatoms. The number of aliphatic hydroxyl groups excluding tert-OH is 1. The topological polar surface area (TPSA) is 78.1 Å². The van der Waals surface area contributed by atoms with Crippen LogP contribution in [0.25, 0.3) is 11.4 Å². The monoisotopic (exact) mass is 496 g/mol. The molecule has 1 aromatic carbocycles. The first-order valence-electron chi connectivity index (χ1n) is 10.3. The maximum Gasteiger partial charge on any atom is 0.295 e. The second kappa shape index (κ2) is 8.52. The van der Waals surface area contributed by atoms with Gasteiger partial charge in [0.05, 0.1) is 17.3 Å². The average Bonchev–Trinajstić information content (AvgIpc) is 3.21. The predicted molar refractivity (Wildman–Crippen MR) is 126 cm³/mol. The Morgan fingerprint density at radius 3 is 2.62 bits per heavy atom. The van der Waals surface area contributed by atoms with E-state index in [2.05, 4.69) is 20.9 Å². The van der Waals surface area contributed by atoms with Crippen LogP contribution in [0.1, 0.15) is 28.6 Å². The number of amides is 1. The number of pyridine rings is 1. The molecule has 0 unspecified atom stereocenters. The fourth-order valence-corrected chi connectivity index (χ4v) is 4.59. The standard InChI is InChI=1S/C24H25BrN4O3/c1-14-7-6-10-28-19(15(2)26-23(14)28)21(30)18-20(16-8-5-9-17(25)13-16)29(12-11-27(3)4)24(32)22(18)31/h5-10,13,20,30H,11-12H2,1-4H3/t20-/m1/s1. The molecule has 0 aliphatic carbocycles. The third kappa shape index (κ3) is 3.73. The maximum absolute atomic E-state index is 13.2. The van der Waals surface area contributed by atoms with Crippen LogP contribution >= 0.6 is 15.9 Å². The Bertz CT molecular complexity index is 1260. The highest BCUT2D eigenvalue weighted by Gasteiger charge is 2.46. The molecule has 3 heterocycles. The summed E-state index contributed by atoms with van der Waals surface area (Å²) in [5.41, 5.74) is 3.50. The molecule has 1 amide bonds. The first kappa shape index (κ1) is 22.2. The Morgan fingerprint density at radius 1 is 1.19 bits per heavy atom. The van der Waals surface area contributed by atoms with Crippen molar-refractivity contribution >= 4 is 39.0 Å². The number of carbonyl (C=O) groups excluding carboxylic acids is 2. The second-order valence-corrected chi connectivity index (χ2v) is 9.20. The first-order valence-corrected chi connectivity index (χ1v) is 11.1. The van der Waals surface area contributed by atoms with E-state index in [-0.39, 0.29) is 11.3 Å². The number of likely N-dealkylation sites (N-methyl/N-ethyl adjacent to an activating group) is 1. The summed E-state index contributed by atoms with van der Waals surface area (Å²) in [6.07, 6.45) is 1.80. The molecule has 4 rings (SSSR count). The van der Waals surface area contributed by atoms with Crippen molar-refractivity contribution in [2.45, 2.75) is 19.9 Å². The molecule has 0 spiro atoms. The third-order valence-electron chi connectivity index (χ3n) is 5.74. The zero-order valence-corrected chi connectivity index (χ0v) is 20.0. The molecule has 2 aromatic heterocycles. The molecule has 7 nitrogen and oxygen atoms in total. The van der Waals surface area contributed by atoms with E-state index in [4.69, 9.17) is 0 Å². The number of hydrogen-bond donors (Lipinski definition) is 1. The molecule has 1 aliphatic rings. The second-order valence-electron chi connectivity index (χ2n) is 8.28. The lowest BCUT2D eigenvalue weighted by molar-refractivity contribution is -0.140. The van der Waals surface area contributed by atoms with Crippen LogP contribution < -0.4 is 0 Å². The number of halogens is 1. The highest BCUT2D eigenvalue weighted by Crippen LogP contribution is 2.40. The molecule has 166 valence electrons. The molecule has 1 atom stereocenters. The van der Waals surface area contributed by atoms with Crippen molar-refractivity contribution in [2.75, 3.05) is 27.2 Å². The molecule has 1 N–H and O–H groups in total. The highest BCUT2D eigenvalue weighted by atomic mass is 79.9. The van der Waals surface area contributed by atoms with Gasteiger partial charge in [0.1, 0.15) is 11.3 Å². The SMILES string of the molecule is Cc1nc2c(C)cccn2c1C(O)=C1C(=O)C(=O)N(CCN(C)C)[C@@H]1c1cccc(Br)c1. The predicted octanol–water partition coefficient (Wildman–Crippen LogP) is 3.70. The van der Waals surface area contributed by atoms with Crippen molar-refractivity contribution in [1.82, 2.24) is 19.2 Å². The van der Waals surface area contributed by atoms with Crippen LogP contribution in [0.2, 0.25) is 0 Å². The van der Waals surface area contributed by atoms with E-state index in [1.165, 1.54) is 0 Å². The van der Waals surface area contributed by atoms with Crippen molar-refractivity contribution in [3.05, 3.63) is 75.2 Å². The normalized spacial score (nSPS) is 18.3. The Balaban J connectivity index is 1.95. The van der Waals surface area contributed by atoms with Gasteiger partial charge in [-0.3, -0.25) is 14.0 Å². The van der Waals surface area contributed by atoms with Gasteiger partial charge < -0.3 is 14.9 Å². The molecule has 1 fully saturated rings. The van der Waals surface area contributed by atoms with E-state index in [0.717, 1.165) is 15.6 Å².